The summed E-state index contributed by atoms with van der Waals surface area (Å²) in [4.78, 5) is 28.9. The number of benzene rings is 2. The Balaban J connectivity index is 1.28. The molecular formula is C23H19N3O3. The molecule has 4 rings (SSSR count). The molecule has 1 amide bonds. The van der Waals surface area contributed by atoms with Gasteiger partial charge in [0, 0.05) is 23.5 Å². The van der Waals surface area contributed by atoms with Gasteiger partial charge in [0.05, 0.1) is 12.2 Å². The van der Waals surface area contributed by atoms with Gasteiger partial charge in [-0.3, -0.25) is 9.59 Å². The summed E-state index contributed by atoms with van der Waals surface area (Å²) >= 11 is 0. The summed E-state index contributed by atoms with van der Waals surface area (Å²) in [5, 5.41) is 2.79. The fourth-order valence-corrected chi connectivity index (χ4v) is 2.92. The van der Waals surface area contributed by atoms with Crippen LogP contribution < -0.4 is 10.1 Å². The number of imidazole rings is 1. The average molecular weight is 385 g/mol. The van der Waals surface area contributed by atoms with Crippen LogP contribution in [0.25, 0.3) is 5.65 Å². The summed E-state index contributed by atoms with van der Waals surface area (Å²) in [6, 6.07) is 21.6. The first-order valence-corrected chi connectivity index (χ1v) is 9.21. The van der Waals surface area contributed by atoms with Crippen LogP contribution in [-0.2, 0) is 11.3 Å². The molecule has 4 aromatic rings. The highest BCUT2D eigenvalue weighted by molar-refractivity contribution is 6.08. The minimum atomic E-state index is -0.244. The van der Waals surface area contributed by atoms with Crippen molar-refractivity contribution >= 4 is 17.3 Å². The number of hydrogen-bond acceptors (Lipinski definition) is 4. The number of rotatable bonds is 7. The first kappa shape index (κ1) is 18.4. The van der Waals surface area contributed by atoms with Crippen LogP contribution in [0.4, 0.5) is 0 Å². The highest BCUT2D eigenvalue weighted by Crippen LogP contribution is 2.15. The van der Waals surface area contributed by atoms with Crippen molar-refractivity contribution < 1.29 is 14.3 Å². The van der Waals surface area contributed by atoms with Gasteiger partial charge in [-0.1, -0.05) is 36.4 Å². The molecule has 0 unspecified atom stereocenters. The quantitative estimate of drug-likeness (QED) is 0.496. The molecule has 0 saturated heterocycles. The van der Waals surface area contributed by atoms with Gasteiger partial charge in [0.15, 0.2) is 12.4 Å². The van der Waals surface area contributed by atoms with E-state index in [1.54, 1.807) is 36.4 Å². The molecule has 2 aromatic carbocycles. The summed E-state index contributed by atoms with van der Waals surface area (Å²) in [7, 11) is 0. The normalized spacial score (nSPS) is 10.6. The number of carbonyl (C=O) groups excluding carboxylic acids is 2. The summed E-state index contributed by atoms with van der Waals surface area (Å²) < 4.78 is 7.41. The smallest absolute Gasteiger partial charge is 0.258 e. The molecule has 2 aromatic heterocycles. The molecule has 0 atom stereocenters. The third-order valence-electron chi connectivity index (χ3n) is 4.40. The molecule has 6 nitrogen and oxygen atoms in total. The van der Waals surface area contributed by atoms with E-state index in [-0.39, 0.29) is 18.3 Å². The van der Waals surface area contributed by atoms with Crippen LogP contribution in [0, 0.1) is 0 Å². The van der Waals surface area contributed by atoms with Crippen molar-refractivity contribution in [3.8, 4) is 5.75 Å². The molecule has 0 fully saturated rings. The van der Waals surface area contributed by atoms with Crippen LogP contribution in [0.5, 0.6) is 5.75 Å². The Hall–Kier alpha value is -3.93. The number of nitrogens with zero attached hydrogens (tertiary/aromatic N) is 2. The lowest BCUT2D eigenvalue weighted by atomic mass is 10.0. The largest absolute Gasteiger partial charge is 0.484 e. The van der Waals surface area contributed by atoms with E-state index in [4.69, 9.17) is 4.74 Å². The molecule has 144 valence electrons. The SMILES string of the molecule is O=C(COc1ccc(C(=O)c2ccccc2)cc1)NCc1cn2ccccc2n1. The van der Waals surface area contributed by atoms with Gasteiger partial charge >= 0.3 is 0 Å². The highest BCUT2D eigenvalue weighted by atomic mass is 16.5. The van der Waals surface area contributed by atoms with Crippen LogP contribution >= 0.6 is 0 Å². The van der Waals surface area contributed by atoms with Crippen LogP contribution in [0.1, 0.15) is 21.6 Å². The first-order valence-electron chi connectivity index (χ1n) is 9.21. The second-order valence-electron chi connectivity index (χ2n) is 6.48. The number of fused-ring (bicyclic) bond motifs is 1. The molecule has 6 heteroatoms. The number of hydrogen-bond donors (Lipinski definition) is 1. The maximum absolute atomic E-state index is 12.4. The Labute approximate surface area is 167 Å². The van der Waals surface area contributed by atoms with Crippen molar-refractivity contribution in [3.05, 3.63) is 102 Å². The number of aromatic nitrogens is 2. The molecule has 0 spiro atoms. The Kier molecular flexibility index (Phi) is 5.33. The fourth-order valence-electron chi connectivity index (χ4n) is 2.92. The monoisotopic (exact) mass is 385 g/mol. The van der Waals surface area contributed by atoms with E-state index in [0.29, 0.717) is 23.4 Å². The lowest BCUT2D eigenvalue weighted by Gasteiger charge is -2.07. The van der Waals surface area contributed by atoms with Crippen LogP contribution in [0.3, 0.4) is 0 Å². The van der Waals surface area contributed by atoms with Gasteiger partial charge in [-0.15, -0.1) is 0 Å². The van der Waals surface area contributed by atoms with Crippen molar-refractivity contribution in [1.82, 2.24) is 14.7 Å². The standard InChI is InChI=1S/C23H19N3O3/c27-22(24-14-19-15-26-13-5-4-8-21(26)25-19)16-29-20-11-9-18(10-12-20)23(28)17-6-2-1-3-7-17/h1-13,15H,14,16H2,(H,24,27). The maximum atomic E-state index is 12.4. The van der Waals surface area contributed by atoms with Crippen molar-refractivity contribution in [2.45, 2.75) is 6.54 Å². The first-order chi connectivity index (χ1) is 14.2. The van der Waals surface area contributed by atoms with E-state index in [2.05, 4.69) is 10.3 Å². The van der Waals surface area contributed by atoms with Gasteiger partial charge in [-0.2, -0.15) is 0 Å². The lowest BCUT2D eigenvalue weighted by Crippen LogP contribution is -2.28. The number of ketones is 1. The Morgan fingerprint density at radius 3 is 2.38 bits per heavy atom. The molecule has 0 bridgehead atoms. The van der Waals surface area contributed by atoms with E-state index in [9.17, 15) is 9.59 Å². The predicted molar refractivity (Wildman–Crippen MR) is 109 cm³/mol. The zero-order valence-corrected chi connectivity index (χ0v) is 15.6. The zero-order chi connectivity index (χ0) is 20.1. The van der Waals surface area contributed by atoms with Crippen molar-refractivity contribution in [2.24, 2.45) is 0 Å². The van der Waals surface area contributed by atoms with Crippen LogP contribution in [-0.4, -0.2) is 27.7 Å². The highest BCUT2D eigenvalue weighted by Gasteiger charge is 2.09. The summed E-state index contributed by atoms with van der Waals surface area (Å²) in [5.74, 6) is 0.228. The average Bonchev–Trinajstić information content (AvgIpc) is 3.20. The van der Waals surface area contributed by atoms with E-state index >= 15 is 0 Å². The molecule has 0 saturated carbocycles. The van der Waals surface area contributed by atoms with E-state index in [1.165, 1.54) is 0 Å². The summed E-state index contributed by atoms with van der Waals surface area (Å²) in [6.45, 7) is 0.216. The Bertz CT molecular complexity index is 1100. The predicted octanol–water partition coefficient (Wildman–Crippen LogP) is 3.26. The fraction of sp³-hybridized carbons (Fsp3) is 0.0870. The summed E-state index contributed by atoms with van der Waals surface area (Å²) in [6.07, 6.45) is 3.78. The molecule has 0 aliphatic rings. The van der Waals surface area contributed by atoms with Crippen molar-refractivity contribution in [3.63, 3.8) is 0 Å². The number of nitrogens with one attached hydrogen (secondary N) is 1. The molecule has 2 heterocycles. The van der Waals surface area contributed by atoms with E-state index in [0.717, 1.165) is 11.3 Å². The number of carbonyl (C=O) groups is 2. The molecular weight excluding hydrogens is 366 g/mol. The van der Waals surface area contributed by atoms with E-state index < -0.39 is 0 Å². The lowest BCUT2D eigenvalue weighted by molar-refractivity contribution is -0.123. The Morgan fingerprint density at radius 2 is 1.62 bits per heavy atom. The van der Waals surface area contributed by atoms with Crippen LogP contribution in [0.2, 0.25) is 0 Å². The maximum Gasteiger partial charge on any atom is 0.258 e. The van der Waals surface area contributed by atoms with E-state index in [1.807, 2.05) is 53.2 Å². The third kappa shape index (κ3) is 4.50. The number of ether oxygens (including phenoxy) is 1. The van der Waals surface area contributed by atoms with Gasteiger partial charge in [0.25, 0.3) is 5.91 Å². The molecule has 1 N–H and O–H groups in total. The Morgan fingerprint density at radius 1 is 0.897 bits per heavy atom. The molecule has 0 radical (unpaired) electrons. The molecule has 0 aliphatic carbocycles. The summed E-state index contributed by atoms with van der Waals surface area (Å²) in [5.41, 5.74) is 2.80. The zero-order valence-electron chi connectivity index (χ0n) is 15.6. The molecule has 0 aliphatic heterocycles. The molecule has 29 heavy (non-hydrogen) atoms. The number of amides is 1. The number of pyridine rings is 1. The second kappa shape index (κ2) is 8.39. The minimum absolute atomic E-state index is 0.0534. The van der Waals surface area contributed by atoms with Crippen molar-refractivity contribution in [2.75, 3.05) is 6.61 Å². The third-order valence-corrected chi connectivity index (χ3v) is 4.40. The van der Waals surface area contributed by atoms with Gasteiger partial charge < -0.3 is 14.5 Å². The van der Waals surface area contributed by atoms with Gasteiger partial charge in [0.1, 0.15) is 11.4 Å². The van der Waals surface area contributed by atoms with Gasteiger partial charge in [0.2, 0.25) is 0 Å². The topological polar surface area (TPSA) is 72.7 Å². The second-order valence-corrected chi connectivity index (χ2v) is 6.48. The van der Waals surface area contributed by atoms with Gasteiger partial charge in [-0.25, -0.2) is 4.98 Å². The van der Waals surface area contributed by atoms with Gasteiger partial charge in [-0.05, 0) is 36.4 Å². The minimum Gasteiger partial charge on any atom is -0.484 e. The van der Waals surface area contributed by atoms with Crippen molar-refractivity contribution in [1.29, 1.82) is 0 Å². The van der Waals surface area contributed by atoms with Crippen LogP contribution in [0.15, 0.2) is 85.2 Å².